The standard InChI is InChI=1S/C24H19F3N2O/c1-14-2-10-21-19(12-14)20-13-15(23(30)28-17-6-7-17)3-11-22(20)29(21)18-8-4-16(5-9-18)24(25,26)27/h2-5,8-13,17H,6-7H2,1H3,(H,28,30). The number of hydrogen-bond acceptors (Lipinski definition) is 1. The van der Waals surface area contributed by atoms with Gasteiger partial charge in [0, 0.05) is 28.1 Å². The van der Waals surface area contributed by atoms with E-state index in [1.807, 2.05) is 41.8 Å². The number of halogens is 3. The SMILES string of the molecule is Cc1ccc2c(c1)c1cc(C(=O)NC3CC3)ccc1n2-c1ccc(C(F)(F)F)cc1. The lowest BCUT2D eigenvalue weighted by Gasteiger charge is -2.11. The molecule has 1 fully saturated rings. The fraction of sp³-hybridized carbons (Fsp3) is 0.208. The van der Waals surface area contributed by atoms with Crippen molar-refractivity contribution >= 4 is 27.7 Å². The van der Waals surface area contributed by atoms with Crippen molar-refractivity contribution in [1.29, 1.82) is 0 Å². The molecule has 1 heterocycles. The van der Waals surface area contributed by atoms with Gasteiger partial charge in [0.2, 0.25) is 0 Å². The Kier molecular flexibility index (Phi) is 4.13. The Morgan fingerprint density at radius 1 is 0.933 bits per heavy atom. The monoisotopic (exact) mass is 408 g/mol. The second kappa shape index (κ2) is 6.62. The number of rotatable bonds is 3. The van der Waals surface area contributed by atoms with E-state index in [9.17, 15) is 18.0 Å². The van der Waals surface area contributed by atoms with Crippen molar-refractivity contribution in [3.8, 4) is 5.69 Å². The Hall–Kier alpha value is -3.28. The Bertz CT molecular complexity index is 1280. The summed E-state index contributed by atoms with van der Waals surface area (Å²) in [5.74, 6) is -0.0949. The van der Waals surface area contributed by atoms with E-state index >= 15 is 0 Å². The molecule has 1 aromatic heterocycles. The van der Waals surface area contributed by atoms with E-state index in [2.05, 4.69) is 5.32 Å². The summed E-state index contributed by atoms with van der Waals surface area (Å²) in [4.78, 5) is 12.5. The van der Waals surface area contributed by atoms with Gasteiger partial charge in [0.1, 0.15) is 0 Å². The Balaban J connectivity index is 1.69. The minimum atomic E-state index is -4.37. The molecule has 3 aromatic carbocycles. The zero-order valence-corrected chi connectivity index (χ0v) is 16.3. The van der Waals surface area contributed by atoms with Crippen LogP contribution in [0.2, 0.25) is 0 Å². The van der Waals surface area contributed by atoms with Crippen LogP contribution in [-0.2, 0) is 6.18 Å². The highest BCUT2D eigenvalue weighted by Gasteiger charge is 2.30. The molecule has 0 unspecified atom stereocenters. The zero-order chi connectivity index (χ0) is 21.0. The molecule has 0 aliphatic heterocycles. The summed E-state index contributed by atoms with van der Waals surface area (Å²) in [6.45, 7) is 1.99. The van der Waals surface area contributed by atoms with Crippen molar-refractivity contribution in [2.75, 3.05) is 0 Å². The number of nitrogens with one attached hydrogen (secondary N) is 1. The first-order chi connectivity index (χ1) is 14.3. The van der Waals surface area contributed by atoms with Crippen LogP contribution in [0, 0.1) is 6.92 Å². The van der Waals surface area contributed by atoms with Crippen molar-refractivity contribution in [2.45, 2.75) is 32.0 Å². The average molecular weight is 408 g/mol. The number of nitrogens with zero attached hydrogens (tertiary/aromatic N) is 1. The van der Waals surface area contributed by atoms with Crippen LogP contribution >= 0.6 is 0 Å². The number of carbonyl (C=O) groups excluding carboxylic acids is 1. The summed E-state index contributed by atoms with van der Waals surface area (Å²) in [7, 11) is 0. The lowest BCUT2D eigenvalue weighted by Crippen LogP contribution is -2.25. The van der Waals surface area contributed by atoms with Gasteiger partial charge in [-0.15, -0.1) is 0 Å². The molecule has 0 bridgehead atoms. The van der Waals surface area contributed by atoms with Crippen LogP contribution in [0.1, 0.15) is 34.3 Å². The van der Waals surface area contributed by atoms with Gasteiger partial charge in [-0.05, 0) is 74.4 Å². The predicted octanol–water partition coefficient (Wildman–Crippen LogP) is 6.00. The van der Waals surface area contributed by atoms with Gasteiger partial charge < -0.3 is 9.88 Å². The number of amides is 1. The number of aromatic nitrogens is 1. The van der Waals surface area contributed by atoms with Gasteiger partial charge in [-0.25, -0.2) is 0 Å². The molecule has 1 aliphatic rings. The van der Waals surface area contributed by atoms with Gasteiger partial charge in [-0.2, -0.15) is 13.2 Å². The fourth-order valence-electron chi connectivity index (χ4n) is 3.85. The topological polar surface area (TPSA) is 34.0 Å². The van der Waals surface area contributed by atoms with E-state index in [1.165, 1.54) is 12.1 Å². The molecule has 0 radical (unpaired) electrons. The Morgan fingerprint density at radius 3 is 2.20 bits per heavy atom. The van der Waals surface area contributed by atoms with E-state index in [1.54, 1.807) is 6.07 Å². The number of fused-ring (bicyclic) bond motifs is 3. The number of alkyl halides is 3. The third-order valence-corrected chi connectivity index (χ3v) is 5.55. The highest BCUT2D eigenvalue weighted by molar-refractivity contribution is 6.11. The van der Waals surface area contributed by atoms with Crippen molar-refractivity contribution in [3.63, 3.8) is 0 Å². The lowest BCUT2D eigenvalue weighted by molar-refractivity contribution is -0.137. The molecule has 4 aromatic rings. The Morgan fingerprint density at radius 2 is 1.57 bits per heavy atom. The van der Waals surface area contributed by atoms with Gasteiger partial charge in [-0.3, -0.25) is 4.79 Å². The quantitative estimate of drug-likeness (QED) is 0.443. The van der Waals surface area contributed by atoms with Crippen molar-refractivity contribution in [2.24, 2.45) is 0 Å². The van der Waals surface area contributed by atoms with Crippen LogP contribution in [0.4, 0.5) is 13.2 Å². The molecule has 5 rings (SSSR count). The summed E-state index contributed by atoms with van der Waals surface area (Å²) < 4.78 is 40.9. The highest BCUT2D eigenvalue weighted by Crippen LogP contribution is 2.35. The molecular weight excluding hydrogens is 389 g/mol. The highest BCUT2D eigenvalue weighted by atomic mass is 19.4. The third kappa shape index (κ3) is 3.22. The minimum absolute atomic E-state index is 0.0949. The van der Waals surface area contributed by atoms with E-state index < -0.39 is 11.7 Å². The number of carbonyl (C=O) groups is 1. The summed E-state index contributed by atoms with van der Waals surface area (Å²) in [5, 5.41) is 4.86. The number of benzene rings is 3. The van der Waals surface area contributed by atoms with Crippen LogP contribution < -0.4 is 5.32 Å². The molecule has 1 amide bonds. The molecule has 0 saturated heterocycles. The molecule has 30 heavy (non-hydrogen) atoms. The summed E-state index contributed by atoms with van der Waals surface area (Å²) in [6.07, 6.45) is -2.35. The minimum Gasteiger partial charge on any atom is -0.349 e. The van der Waals surface area contributed by atoms with Crippen molar-refractivity contribution in [3.05, 3.63) is 77.4 Å². The first-order valence-corrected chi connectivity index (χ1v) is 9.84. The van der Waals surface area contributed by atoms with Crippen LogP contribution in [-0.4, -0.2) is 16.5 Å². The zero-order valence-electron chi connectivity index (χ0n) is 16.3. The largest absolute Gasteiger partial charge is 0.416 e. The van der Waals surface area contributed by atoms with Gasteiger partial charge in [0.05, 0.1) is 16.6 Å². The smallest absolute Gasteiger partial charge is 0.349 e. The van der Waals surface area contributed by atoms with E-state index in [-0.39, 0.29) is 11.9 Å². The number of aryl methyl sites for hydroxylation is 1. The molecule has 0 atom stereocenters. The summed E-state index contributed by atoms with van der Waals surface area (Å²) in [6, 6.07) is 16.9. The first-order valence-electron chi connectivity index (χ1n) is 9.84. The molecule has 6 heteroatoms. The molecule has 1 aliphatic carbocycles. The van der Waals surface area contributed by atoms with Crippen LogP contribution in [0.3, 0.4) is 0 Å². The molecular formula is C24H19F3N2O. The normalized spacial score (nSPS) is 14.4. The van der Waals surface area contributed by atoms with E-state index in [0.717, 1.165) is 52.3 Å². The molecule has 3 nitrogen and oxygen atoms in total. The van der Waals surface area contributed by atoms with Crippen LogP contribution in [0.5, 0.6) is 0 Å². The van der Waals surface area contributed by atoms with Gasteiger partial charge in [0.15, 0.2) is 0 Å². The fourth-order valence-corrected chi connectivity index (χ4v) is 3.85. The maximum atomic E-state index is 13.0. The molecule has 1 saturated carbocycles. The van der Waals surface area contributed by atoms with Crippen LogP contribution in [0.25, 0.3) is 27.5 Å². The van der Waals surface area contributed by atoms with Crippen molar-refractivity contribution in [1.82, 2.24) is 9.88 Å². The number of hydrogen-bond donors (Lipinski definition) is 1. The van der Waals surface area contributed by atoms with E-state index in [4.69, 9.17) is 0 Å². The average Bonchev–Trinajstić information content (AvgIpc) is 3.47. The van der Waals surface area contributed by atoms with Crippen LogP contribution in [0.15, 0.2) is 60.7 Å². The third-order valence-electron chi connectivity index (χ3n) is 5.55. The summed E-state index contributed by atoms with van der Waals surface area (Å²) >= 11 is 0. The van der Waals surface area contributed by atoms with Crippen molar-refractivity contribution < 1.29 is 18.0 Å². The second-order valence-electron chi connectivity index (χ2n) is 7.88. The Labute approximate surface area is 171 Å². The maximum absolute atomic E-state index is 13.0. The lowest BCUT2D eigenvalue weighted by atomic mass is 10.1. The summed E-state index contributed by atoms with van der Waals surface area (Å²) in [5.41, 5.74) is 3.35. The van der Waals surface area contributed by atoms with E-state index in [0.29, 0.717) is 11.3 Å². The van der Waals surface area contributed by atoms with Gasteiger partial charge in [0.25, 0.3) is 5.91 Å². The van der Waals surface area contributed by atoms with Gasteiger partial charge in [-0.1, -0.05) is 11.6 Å². The predicted molar refractivity (Wildman–Crippen MR) is 111 cm³/mol. The second-order valence-corrected chi connectivity index (χ2v) is 7.88. The van der Waals surface area contributed by atoms with Gasteiger partial charge >= 0.3 is 6.18 Å². The molecule has 1 N–H and O–H groups in total. The first kappa shape index (κ1) is 18.7. The molecule has 152 valence electrons. The molecule has 0 spiro atoms. The maximum Gasteiger partial charge on any atom is 0.416 e.